The molecule has 4 aromatic rings. The summed E-state index contributed by atoms with van der Waals surface area (Å²) in [5.41, 5.74) is 4.82. The quantitative estimate of drug-likeness (QED) is 0.300. The van der Waals surface area contributed by atoms with E-state index in [2.05, 4.69) is 15.6 Å². The van der Waals surface area contributed by atoms with Crippen LogP contribution in [-0.2, 0) is 6.54 Å². The molecule has 2 aliphatic heterocycles. The summed E-state index contributed by atoms with van der Waals surface area (Å²) in [5.74, 6) is -0.0702. The Hall–Kier alpha value is -3.85. The van der Waals surface area contributed by atoms with Gasteiger partial charge in [0.1, 0.15) is 5.82 Å². The van der Waals surface area contributed by atoms with E-state index in [0.717, 1.165) is 29.8 Å². The number of rotatable bonds is 5. The SMILES string of the molecule is CNC1CCN(C(=O)c2ccc(Nc3ncc4c(n3)-c3ccc(Cl)cc3C(c3c(F)cccc3Cl)=NC4)cc2)C1. The van der Waals surface area contributed by atoms with E-state index in [1.165, 1.54) is 6.07 Å². The highest BCUT2D eigenvalue weighted by atomic mass is 35.5. The van der Waals surface area contributed by atoms with E-state index in [4.69, 9.17) is 33.2 Å². The Balaban J connectivity index is 1.29. The molecule has 1 amide bonds. The number of aromatic nitrogens is 2. The van der Waals surface area contributed by atoms with Crippen LogP contribution in [0.2, 0.25) is 10.0 Å². The zero-order valence-electron chi connectivity index (χ0n) is 21.6. The van der Waals surface area contributed by atoms with E-state index in [1.54, 1.807) is 42.6 Å². The Labute approximate surface area is 241 Å². The molecule has 0 spiro atoms. The molecular formula is C30H25Cl2FN6O. The predicted molar refractivity (Wildman–Crippen MR) is 156 cm³/mol. The van der Waals surface area contributed by atoms with Crippen LogP contribution in [0.4, 0.5) is 16.0 Å². The fraction of sp³-hybridized carbons (Fsp3) is 0.200. The van der Waals surface area contributed by atoms with Gasteiger partial charge < -0.3 is 15.5 Å². The van der Waals surface area contributed by atoms with Crippen molar-refractivity contribution in [3.05, 3.63) is 105 Å². The van der Waals surface area contributed by atoms with Crippen molar-refractivity contribution < 1.29 is 9.18 Å². The monoisotopic (exact) mass is 574 g/mol. The molecule has 3 heterocycles. The number of nitrogens with one attached hydrogen (secondary N) is 2. The third-order valence-corrected chi connectivity index (χ3v) is 7.79. The minimum atomic E-state index is -0.468. The lowest BCUT2D eigenvalue weighted by atomic mass is 9.95. The highest BCUT2D eigenvalue weighted by Crippen LogP contribution is 2.35. The second kappa shape index (κ2) is 11.0. The zero-order chi connectivity index (χ0) is 27.8. The lowest BCUT2D eigenvalue weighted by Gasteiger charge is -2.17. The number of likely N-dealkylation sites (N-methyl/N-ethyl adjacent to an activating group) is 1. The van der Waals surface area contributed by atoms with Gasteiger partial charge in [0.25, 0.3) is 5.91 Å². The molecule has 202 valence electrons. The van der Waals surface area contributed by atoms with Crippen LogP contribution in [0.15, 0.2) is 71.9 Å². The van der Waals surface area contributed by atoms with Crippen LogP contribution in [0, 0.1) is 5.82 Å². The molecule has 1 unspecified atom stereocenters. The minimum Gasteiger partial charge on any atom is -0.337 e. The van der Waals surface area contributed by atoms with Crippen molar-refractivity contribution in [1.82, 2.24) is 20.2 Å². The lowest BCUT2D eigenvalue weighted by Crippen LogP contribution is -2.33. The Kier molecular flexibility index (Phi) is 7.23. The first-order chi connectivity index (χ1) is 19.4. The van der Waals surface area contributed by atoms with Gasteiger partial charge in [-0.3, -0.25) is 9.79 Å². The smallest absolute Gasteiger partial charge is 0.253 e. The fourth-order valence-electron chi connectivity index (χ4n) is 5.11. The van der Waals surface area contributed by atoms with E-state index < -0.39 is 5.82 Å². The van der Waals surface area contributed by atoms with Crippen molar-refractivity contribution >= 4 is 46.5 Å². The fourth-order valence-corrected chi connectivity index (χ4v) is 5.53. The van der Waals surface area contributed by atoms with Gasteiger partial charge in [-0.2, -0.15) is 0 Å². The number of hydrogen-bond acceptors (Lipinski definition) is 6. The molecule has 1 fully saturated rings. The van der Waals surface area contributed by atoms with Crippen molar-refractivity contribution in [2.45, 2.75) is 19.0 Å². The minimum absolute atomic E-state index is 0.0200. The highest BCUT2D eigenvalue weighted by Gasteiger charge is 2.26. The highest BCUT2D eigenvalue weighted by molar-refractivity contribution is 6.36. The third kappa shape index (κ3) is 5.06. The number of likely N-dealkylation sites (tertiary alicyclic amines) is 1. The molecule has 1 atom stereocenters. The number of fused-ring (bicyclic) bond motifs is 3. The topological polar surface area (TPSA) is 82.5 Å². The molecule has 0 radical (unpaired) electrons. The molecule has 0 aliphatic carbocycles. The van der Waals surface area contributed by atoms with Crippen LogP contribution in [0.3, 0.4) is 0 Å². The van der Waals surface area contributed by atoms with Crippen molar-refractivity contribution in [1.29, 1.82) is 0 Å². The van der Waals surface area contributed by atoms with Crippen LogP contribution in [-0.4, -0.2) is 52.7 Å². The Morgan fingerprint density at radius 3 is 2.65 bits per heavy atom. The second-order valence-corrected chi connectivity index (χ2v) is 10.6. The maximum absolute atomic E-state index is 14.9. The van der Waals surface area contributed by atoms with Gasteiger partial charge in [0.15, 0.2) is 0 Å². The third-order valence-electron chi connectivity index (χ3n) is 7.24. The van der Waals surface area contributed by atoms with Crippen molar-refractivity contribution in [3.63, 3.8) is 0 Å². The van der Waals surface area contributed by atoms with E-state index >= 15 is 0 Å². The molecule has 2 N–H and O–H groups in total. The van der Waals surface area contributed by atoms with E-state index in [1.807, 2.05) is 30.1 Å². The summed E-state index contributed by atoms with van der Waals surface area (Å²) in [6.07, 6.45) is 2.66. The summed E-state index contributed by atoms with van der Waals surface area (Å²) in [6, 6.07) is 17.5. The first-order valence-corrected chi connectivity index (χ1v) is 13.7. The molecule has 1 aromatic heterocycles. The van der Waals surface area contributed by atoms with Gasteiger partial charge >= 0.3 is 0 Å². The molecule has 3 aromatic carbocycles. The van der Waals surface area contributed by atoms with Crippen LogP contribution >= 0.6 is 23.2 Å². The van der Waals surface area contributed by atoms with Crippen molar-refractivity contribution in [2.75, 3.05) is 25.5 Å². The number of halogens is 3. The maximum Gasteiger partial charge on any atom is 0.253 e. The number of carbonyl (C=O) groups is 1. The summed E-state index contributed by atoms with van der Waals surface area (Å²) >= 11 is 12.8. The first kappa shape index (κ1) is 26.4. The van der Waals surface area contributed by atoms with E-state index in [0.29, 0.717) is 46.1 Å². The normalized spacial score (nSPS) is 16.1. The molecule has 1 saturated heterocycles. The molecule has 7 nitrogen and oxygen atoms in total. The van der Waals surface area contributed by atoms with Gasteiger partial charge in [0.2, 0.25) is 5.95 Å². The zero-order valence-corrected chi connectivity index (χ0v) is 23.1. The molecule has 0 bridgehead atoms. The summed E-state index contributed by atoms with van der Waals surface area (Å²) < 4.78 is 14.9. The van der Waals surface area contributed by atoms with Gasteiger partial charge in [0, 0.05) is 58.3 Å². The predicted octanol–water partition coefficient (Wildman–Crippen LogP) is 6.12. The van der Waals surface area contributed by atoms with Gasteiger partial charge in [-0.05, 0) is 62.0 Å². The Bertz CT molecular complexity index is 1620. The number of anilines is 2. The van der Waals surface area contributed by atoms with Crippen LogP contribution < -0.4 is 10.6 Å². The summed E-state index contributed by atoms with van der Waals surface area (Å²) in [6.45, 7) is 1.69. The van der Waals surface area contributed by atoms with E-state index in [9.17, 15) is 9.18 Å². The first-order valence-electron chi connectivity index (χ1n) is 12.9. The second-order valence-electron chi connectivity index (χ2n) is 9.75. The van der Waals surface area contributed by atoms with Crippen molar-refractivity contribution in [2.24, 2.45) is 4.99 Å². The largest absolute Gasteiger partial charge is 0.337 e. The van der Waals surface area contributed by atoms with Gasteiger partial charge in [-0.15, -0.1) is 0 Å². The molecule has 6 rings (SSSR count). The standard InChI is InChI=1S/C30H25Cl2FN6O/c1-34-21-11-12-39(16-21)29(40)17-5-8-20(9-6-17)37-30-36-15-18-14-35-28(26-24(32)3-2-4-25(26)33)23-13-19(31)7-10-22(23)27(18)38-30/h2-10,13,15,21,34H,11-12,14,16H2,1H3,(H,36,37,38). The Morgan fingerprint density at radius 2 is 1.90 bits per heavy atom. The van der Waals surface area contributed by atoms with Crippen LogP contribution in [0.5, 0.6) is 0 Å². The molecule has 10 heteroatoms. The average molecular weight is 575 g/mol. The van der Waals surface area contributed by atoms with Gasteiger partial charge in [-0.1, -0.05) is 35.3 Å². The van der Waals surface area contributed by atoms with E-state index in [-0.39, 0.29) is 23.0 Å². The number of aliphatic imine (C=N–C) groups is 1. The number of nitrogens with zero attached hydrogens (tertiary/aromatic N) is 4. The number of hydrogen-bond donors (Lipinski definition) is 2. The maximum atomic E-state index is 14.9. The summed E-state index contributed by atoms with van der Waals surface area (Å²) in [7, 11) is 1.92. The molecule has 40 heavy (non-hydrogen) atoms. The van der Waals surface area contributed by atoms with Crippen LogP contribution in [0.25, 0.3) is 11.3 Å². The molecule has 0 saturated carbocycles. The van der Waals surface area contributed by atoms with Gasteiger partial charge in [-0.25, -0.2) is 14.4 Å². The van der Waals surface area contributed by atoms with Crippen molar-refractivity contribution in [3.8, 4) is 11.3 Å². The number of carbonyl (C=O) groups excluding carboxylic acids is 1. The van der Waals surface area contributed by atoms with Gasteiger partial charge in [0.05, 0.1) is 28.5 Å². The average Bonchev–Trinajstić information content (AvgIpc) is 3.39. The summed E-state index contributed by atoms with van der Waals surface area (Å²) in [4.78, 5) is 28.8. The number of benzene rings is 3. The molecular weight excluding hydrogens is 550 g/mol. The lowest BCUT2D eigenvalue weighted by molar-refractivity contribution is 0.0789. The Morgan fingerprint density at radius 1 is 1.07 bits per heavy atom. The summed E-state index contributed by atoms with van der Waals surface area (Å²) in [5, 5.41) is 7.21. The molecule has 2 aliphatic rings. The number of amides is 1. The van der Waals surface area contributed by atoms with Crippen LogP contribution in [0.1, 0.15) is 33.5 Å².